The summed E-state index contributed by atoms with van der Waals surface area (Å²) < 4.78 is 22.4. The molecular weight excluding hydrogens is 424 g/mol. The largest absolute Gasteiger partial charge is 0.493 e. The second kappa shape index (κ2) is 9.90. The topological polar surface area (TPSA) is 105 Å². The first kappa shape index (κ1) is 22.0. The molecule has 0 aliphatic heterocycles. The van der Waals surface area contributed by atoms with Gasteiger partial charge in [0.1, 0.15) is 6.54 Å². The van der Waals surface area contributed by atoms with Crippen molar-refractivity contribution in [2.24, 2.45) is 4.99 Å². The Balaban J connectivity index is 1.95. The van der Waals surface area contributed by atoms with E-state index in [0.29, 0.717) is 27.3 Å². The van der Waals surface area contributed by atoms with Crippen molar-refractivity contribution < 1.29 is 33.3 Å². The zero-order valence-electron chi connectivity index (χ0n) is 17.1. The minimum atomic E-state index is -0.552. The third kappa shape index (κ3) is 5.10. The first-order valence-corrected chi connectivity index (χ1v) is 9.90. The summed E-state index contributed by atoms with van der Waals surface area (Å²) in [6, 6.07) is 11.8. The summed E-state index contributed by atoms with van der Waals surface area (Å²) in [5.74, 6) is -0.641. The van der Waals surface area contributed by atoms with Gasteiger partial charge in [0.05, 0.1) is 37.1 Å². The highest BCUT2D eigenvalue weighted by Crippen LogP contribution is 2.25. The van der Waals surface area contributed by atoms with Crippen molar-refractivity contribution in [2.75, 3.05) is 27.9 Å². The molecule has 3 aromatic rings. The van der Waals surface area contributed by atoms with E-state index in [1.807, 2.05) is 0 Å². The number of hydrogen-bond donors (Lipinski definition) is 0. The average molecular weight is 444 g/mol. The minimum Gasteiger partial charge on any atom is -0.493 e. The van der Waals surface area contributed by atoms with E-state index in [2.05, 4.69) is 4.99 Å². The average Bonchev–Trinajstić information content (AvgIpc) is 3.12. The van der Waals surface area contributed by atoms with Crippen LogP contribution in [-0.2, 0) is 25.6 Å². The Morgan fingerprint density at radius 2 is 1.74 bits per heavy atom. The number of fused-ring (bicyclic) bond motifs is 1. The van der Waals surface area contributed by atoms with E-state index in [1.165, 1.54) is 21.3 Å². The van der Waals surface area contributed by atoms with Crippen LogP contribution in [0.4, 0.5) is 0 Å². The number of carbonyl (C=O) groups excluding carboxylic acids is 3. The second-order valence-corrected chi connectivity index (χ2v) is 7.18. The van der Waals surface area contributed by atoms with Crippen LogP contribution in [0.3, 0.4) is 0 Å². The molecule has 0 saturated carbocycles. The van der Waals surface area contributed by atoms with E-state index in [1.54, 1.807) is 47.0 Å². The number of rotatable bonds is 7. The quantitative estimate of drug-likeness (QED) is 0.514. The maximum absolute atomic E-state index is 12.5. The van der Waals surface area contributed by atoms with Crippen LogP contribution in [0.15, 0.2) is 47.5 Å². The van der Waals surface area contributed by atoms with E-state index in [-0.39, 0.29) is 18.0 Å². The molecule has 162 valence electrons. The Kier molecular flexibility index (Phi) is 7.03. The molecule has 0 spiro atoms. The van der Waals surface area contributed by atoms with Crippen LogP contribution in [0.2, 0.25) is 0 Å². The molecule has 9 nitrogen and oxygen atoms in total. The van der Waals surface area contributed by atoms with E-state index in [9.17, 15) is 14.4 Å². The maximum Gasteiger partial charge on any atom is 0.337 e. The lowest BCUT2D eigenvalue weighted by atomic mass is 10.2. The second-order valence-electron chi connectivity index (χ2n) is 6.17. The molecule has 1 amide bonds. The fourth-order valence-corrected chi connectivity index (χ4v) is 3.85. The number of methoxy groups -OCH3 is 3. The molecular formula is C21H20N2O7S. The standard InChI is InChI=1S/C21H20N2O7S/c1-27-15-6-4-5-7-16(15)30-12-18(24)22-21-23(11-19(25)28-2)14-9-8-13(20(26)29-3)10-17(14)31-21/h4-10H,11-12H2,1-3H3. The smallest absolute Gasteiger partial charge is 0.337 e. The van der Waals surface area contributed by atoms with Gasteiger partial charge < -0.3 is 23.5 Å². The molecule has 0 saturated heterocycles. The first-order chi connectivity index (χ1) is 15.0. The lowest BCUT2D eigenvalue weighted by Crippen LogP contribution is -2.23. The Labute approximate surface area is 181 Å². The lowest BCUT2D eigenvalue weighted by molar-refractivity contribution is -0.141. The molecule has 0 aliphatic rings. The molecule has 0 radical (unpaired) electrons. The molecule has 0 unspecified atom stereocenters. The van der Waals surface area contributed by atoms with Crippen molar-refractivity contribution in [2.45, 2.75) is 6.54 Å². The summed E-state index contributed by atoms with van der Waals surface area (Å²) in [5, 5.41) is 0. The summed E-state index contributed by atoms with van der Waals surface area (Å²) in [4.78, 5) is 40.5. The maximum atomic E-state index is 12.5. The number of carbonyl (C=O) groups is 3. The van der Waals surface area contributed by atoms with Gasteiger partial charge in [-0.15, -0.1) is 0 Å². The van der Waals surface area contributed by atoms with Gasteiger partial charge in [-0.25, -0.2) is 4.79 Å². The molecule has 1 heterocycles. The number of aromatic nitrogens is 1. The van der Waals surface area contributed by atoms with Gasteiger partial charge in [0.2, 0.25) is 0 Å². The van der Waals surface area contributed by atoms with Crippen LogP contribution >= 0.6 is 11.3 Å². The monoisotopic (exact) mass is 444 g/mol. The van der Waals surface area contributed by atoms with Crippen molar-refractivity contribution in [3.05, 3.63) is 52.8 Å². The Morgan fingerprint density at radius 3 is 2.42 bits per heavy atom. The molecule has 3 rings (SSSR count). The van der Waals surface area contributed by atoms with Gasteiger partial charge in [-0.3, -0.25) is 9.59 Å². The van der Waals surface area contributed by atoms with Crippen LogP contribution in [0.5, 0.6) is 11.5 Å². The van der Waals surface area contributed by atoms with Gasteiger partial charge in [0.25, 0.3) is 5.91 Å². The number of hydrogen-bond acceptors (Lipinski definition) is 8. The van der Waals surface area contributed by atoms with Gasteiger partial charge in [-0.05, 0) is 30.3 Å². The predicted molar refractivity (Wildman–Crippen MR) is 112 cm³/mol. The van der Waals surface area contributed by atoms with Crippen LogP contribution < -0.4 is 14.3 Å². The molecule has 1 aromatic heterocycles. The number of para-hydroxylation sites is 2. The third-order valence-electron chi connectivity index (χ3n) is 4.26. The van der Waals surface area contributed by atoms with Crippen molar-refractivity contribution in [3.8, 4) is 11.5 Å². The molecule has 0 N–H and O–H groups in total. The summed E-state index contributed by atoms with van der Waals surface area (Å²) in [5.41, 5.74) is 0.971. The van der Waals surface area contributed by atoms with E-state index in [4.69, 9.17) is 18.9 Å². The van der Waals surface area contributed by atoms with Gasteiger partial charge >= 0.3 is 11.9 Å². The van der Waals surface area contributed by atoms with Crippen LogP contribution in [-0.4, -0.2) is 50.3 Å². The summed E-state index contributed by atoms with van der Waals surface area (Å²) in [6.07, 6.45) is 0. The van der Waals surface area contributed by atoms with Crippen molar-refractivity contribution >= 4 is 39.4 Å². The van der Waals surface area contributed by atoms with E-state index in [0.717, 1.165) is 11.3 Å². The summed E-state index contributed by atoms with van der Waals surface area (Å²) in [6.45, 7) is -0.464. The van der Waals surface area contributed by atoms with Gasteiger partial charge in [0.15, 0.2) is 22.9 Å². The van der Waals surface area contributed by atoms with Crippen LogP contribution in [0, 0.1) is 0 Å². The van der Waals surface area contributed by atoms with Gasteiger partial charge in [-0.2, -0.15) is 4.99 Å². The van der Waals surface area contributed by atoms with Crippen molar-refractivity contribution in [1.29, 1.82) is 0 Å². The SMILES string of the molecule is COC(=O)Cn1c(=NC(=O)COc2ccccc2OC)sc2cc(C(=O)OC)ccc21. The number of nitrogens with zero attached hydrogens (tertiary/aromatic N) is 2. The number of esters is 2. The Morgan fingerprint density at radius 1 is 1.00 bits per heavy atom. The fraction of sp³-hybridized carbons (Fsp3) is 0.238. The zero-order valence-corrected chi connectivity index (χ0v) is 17.9. The molecule has 0 fully saturated rings. The van der Waals surface area contributed by atoms with Crippen molar-refractivity contribution in [1.82, 2.24) is 4.57 Å². The molecule has 2 aromatic carbocycles. The molecule has 10 heteroatoms. The third-order valence-corrected chi connectivity index (χ3v) is 5.30. The number of amides is 1. The summed E-state index contributed by atoms with van der Waals surface area (Å²) in [7, 11) is 4.07. The zero-order chi connectivity index (χ0) is 22.4. The predicted octanol–water partition coefficient (Wildman–Crippen LogP) is 2.18. The molecule has 31 heavy (non-hydrogen) atoms. The van der Waals surface area contributed by atoms with Crippen LogP contribution in [0.25, 0.3) is 10.2 Å². The number of ether oxygens (including phenoxy) is 4. The van der Waals surface area contributed by atoms with Crippen LogP contribution in [0.1, 0.15) is 10.4 Å². The van der Waals surface area contributed by atoms with Crippen molar-refractivity contribution in [3.63, 3.8) is 0 Å². The van der Waals surface area contributed by atoms with Gasteiger partial charge in [-0.1, -0.05) is 23.5 Å². The Hall–Kier alpha value is -3.66. The molecule has 0 atom stereocenters. The highest BCUT2D eigenvalue weighted by atomic mass is 32.1. The molecule has 0 bridgehead atoms. The number of thiazole rings is 1. The Bertz CT molecular complexity index is 1200. The molecule has 0 aliphatic carbocycles. The first-order valence-electron chi connectivity index (χ1n) is 9.08. The fourth-order valence-electron chi connectivity index (χ4n) is 2.77. The lowest BCUT2D eigenvalue weighted by Gasteiger charge is -2.08. The highest BCUT2D eigenvalue weighted by molar-refractivity contribution is 7.16. The van der Waals surface area contributed by atoms with E-state index >= 15 is 0 Å². The van der Waals surface area contributed by atoms with E-state index < -0.39 is 17.8 Å². The minimum absolute atomic E-state index is 0.145. The van der Waals surface area contributed by atoms with Gasteiger partial charge in [0, 0.05) is 0 Å². The number of benzene rings is 2. The summed E-state index contributed by atoms with van der Waals surface area (Å²) >= 11 is 1.16. The highest BCUT2D eigenvalue weighted by Gasteiger charge is 2.15. The normalized spacial score (nSPS) is 11.3.